The van der Waals surface area contributed by atoms with Crippen LogP contribution in [0.15, 0.2) is 59.5 Å². The zero-order valence-corrected chi connectivity index (χ0v) is 12.2. The number of hydrogen-bond acceptors (Lipinski definition) is 2. The number of para-hydroxylation sites is 2. The van der Waals surface area contributed by atoms with Gasteiger partial charge in [-0.25, -0.2) is 0 Å². The van der Waals surface area contributed by atoms with Crippen molar-refractivity contribution in [3.05, 3.63) is 65.2 Å². The van der Waals surface area contributed by atoms with Gasteiger partial charge in [0.25, 0.3) is 5.82 Å². The molecule has 0 bridgehead atoms. The highest BCUT2D eigenvalue weighted by Crippen LogP contribution is 2.33. The Morgan fingerprint density at radius 3 is 2.65 bits per heavy atom. The molecule has 0 fully saturated rings. The van der Waals surface area contributed by atoms with E-state index in [1.165, 1.54) is 16.4 Å². The zero-order valence-electron chi connectivity index (χ0n) is 10.6. The quantitative estimate of drug-likeness (QED) is 0.550. The molecular formula is C15H12N3S2+. The molecule has 1 aliphatic rings. The average Bonchev–Trinajstić information content (AvgIpc) is 2.84. The van der Waals surface area contributed by atoms with Gasteiger partial charge in [-0.05, 0) is 36.5 Å². The lowest BCUT2D eigenvalue weighted by atomic mass is 10.3. The molecule has 20 heavy (non-hydrogen) atoms. The number of H-pyrrole nitrogens is 1. The Morgan fingerprint density at radius 2 is 1.80 bits per heavy atom. The van der Waals surface area contributed by atoms with Crippen molar-refractivity contribution in [3.8, 4) is 11.4 Å². The lowest BCUT2D eigenvalue weighted by Crippen LogP contribution is -2.36. The summed E-state index contributed by atoms with van der Waals surface area (Å²) in [6, 6.07) is 18.6. The van der Waals surface area contributed by atoms with Crippen molar-refractivity contribution in [2.45, 2.75) is 10.6 Å². The van der Waals surface area contributed by atoms with Gasteiger partial charge in [-0.3, -0.25) is 0 Å². The first kappa shape index (κ1) is 11.9. The second kappa shape index (κ2) is 4.61. The molecule has 0 spiro atoms. The van der Waals surface area contributed by atoms with Crippen LogP contribution in [0.3, 0.4) is 0 Å². The summed E-state index contributed by atoms with van der Waals surface area (Å²) in [6.45, 7) is 0. The van der Waals surface area contributed by atoms with Gasteiger partial charge in [0.1, 0.15) is 5.69 Å². The van der Waals surface area contributed by atoms with Crippen LogP contribution in [0, 0.1) is 4.77 Å². The van der Waals surface area contributed by atoms with Gasteiger partial charge in [-0.2, -0.15) is 4.57 Å². The molecule has 3 aromatic rings. The van der Waals surface area contributed by atoms with Crippen molar-refractivity contribution < 1.29 is 4.57 Å². The largest absolute Gasteiger partial charge is 0.328 e. The Balaban J connectivity index is 1.99. The van der Waals surface area contributed by atoms with E-state index in [0.29, 0.717) is 0 Å². The molecule has 0 saturated heterocycles. The van der Waals surface area contributed by atoms with Crippen LogP contribution in [0.1, 0.15) is 5.82 Å². The monoisotopic (exact) mass is 298 g/mol. The third-order valence-corrected chi connectivity index (χ3v) is 4.74. The molecule has 3 nitrogen and oxygen atoms in total. The second-order valence-electron chi connectivity index (χ2n) is 4.60. The fourth-order valence-corrected chi connectivity index (χ4v) is 3.83. The smallest absolute Gasteiger partial charge is 0.187 e. The number of aromatic nitrogens is 3. The van der Waals surface area contributed by atoms with Crippen molar-refractivity contribution in [1.82, 2.24) is 9.78 Å². The van der Waals surface area contributed by atoms with Crippen molar-refractivity contribution in [2.24, 2.45) is 0 Å². The van der Waals surface area contributed by atoms with Crippen molar-refractivity contribution in [1.29, 1.82) is 0 Å². The number of hydrogen-bond donors (Lipinski definition) is 1. The second-order valence-corrected chi connectivity index (χ2v) is 6.00. The molecule has 0 radical (unpaired) electrons. The summed E-state index contributed by atoms with van der Waals surface area (Å²) in [4.78, 5) is 1.28. The predicted molar refractivity (Wildman–Crippen MR) is 82.0 cm³/mol. The fourth-order valence-electron chi connectivity index (χ4n) is 2.51. The van der Waals surface area contributed by atoms with E-state index >= 15 is 0 Å². The summed E-state index contributed by atoms with van der Waals surface area (Å²) >= 11 is 7.35. The van der Waals surface area contributed by atoms with Crippen LogP contribution in [0.5, 0.6) is 0 Å². The van der Waals surface area contributed by atoms with E-state index in [2.05, 4.69) is 50.7 Å². The summed E-state index contributed by atoms with van der Waals surface area (Å²) < 4.78 is 4.93. The molecule has 0 amide bonds. The predicted octanol–water partition coefficient (Wildman–Crippen LogP) is 3.42. The molecule has 1 aliphatic heterocycles. The maximum absolute atomic E-state index is 5.51. The van der Waals surface area contributed by atoms with Gasteiger partial charge >= 0.3 is 4.77 Å². The van der Waals surface area contributed by atoms with E-state index in [9.17, 15) is 0 Å². The molecule has 1 N–H and O–H groups in total. The highest BCUT2D eigenvalue weighted by Gasteiger charge is 2.28. The normalized spacial score (nSPS) is 12.8. The SMILES string of the molecule is S=c1[nH]n2c([n+]1-c1ccccc1)CSc1ccccc1-2. The highest BCUT2D eigenvalue weighted by molar-refractivity contribution is 7.98. The molecular weight excluding hydrogens is 286 g/mol. The van der Waals surface area contributed by atoms with Crippen molar-refractivity contribution in [2.75, 3.05) is 0 Å². The summed E-state index contributed by atoms with van der Waals surface area (Å²) in [6.07, 6.45) is 0. The summed E-state index contributed by atoms with van der Waals surface area (Å²) in [5.41, 5.74) is 2.27. The number of aromatic amines is 1. The summed E-state index contributed by atoms with van der Waals surface area (Å²) in [5.74, 6) is 2.07. The Morgan fingerprint density at radius 1 is 1.05 bits per heavy atom. The number of fused-ring (bicyclic) bond motifs is 3. The van der Waals surface area contributed by atoms with Crippen molar-refractivity contribution >= 4 is 24.0 Å². The van der Waals surface area contributed by atoms with E-state index < -0.39 is 0 Å². The Kier molecular flexibility index (Phi) is 2.75. The number of rotatable bonds is 1. The maximum Gasteiger partial charge on any atom is 0.328 e. The van der Waals surface area contributed by atoms with Gasteiger partial charge in [0, 0.05) is 0 Å². The van der Waals surface area contributed by atoms with Gasteiger partial charge in [0.05, 0.1) is 10.6 Å². The van der Waals surface area contributed by atoms with E-state index in [1.807, 2.05) is 30.0 Å². The van der Waals surface area contributed by atoms with Crippen LogP contribution in [0.25, 0.3) is 11.4 Å². The fraction of sp³-hybridized carbons (Fsp3) is 0.0667. The first-order valence-electron chi connectivity index (χ1n) is 6.38. The van der Waals surface area contributed by atoms with Crippen LogP contribution in [0.4, 0.5) is 0 Å². The number of nitrogens with one attached hydrogen (secondary N) is 1. The molecule has 0 unspecified atom stereocenters. The lowest BCUT2D eigenvalue weighted by molar-refractivity contribution is -0.610. The van der Waals surface area contributed by atoms with Crippen LogP contribution < -0.4 is 4.57 Å². The molecule has 1 aromatic heterocycles. The topological polar surface area (TPSA) is 24.6 Å². The zero-order chi connectivity index (χ0) is 13.5. The molecule has 5 heteroatoms. The molecule has 2 aromatic carbocycles. The number of benzene rings is 2. The first-order valence-corrected chi connectivity index (χ1v) is 7.77. The number of thioether (sulfide) groups is 1. The Bertz CT molecular complexity index is 834. The standard InChI is InChI=1S/C15H11N3S2/c19-15-16-18-12-8-4-5-9-13(12)20-10-14(18)17(15)11-6-2-1-3-7-11/h1-9H,10H2/p+1. The average molecular weight is 298 g/mol. The van der Waals surface area contributed by atoms with Gasteiger partial charge in [0.15, 0.2) is 5.69 Å². The van der Waals surface area contributed by atoms with Gasteiger partial charge in [-0.15, -0.1) is 21.5 Å². The van der Waals surface area contributed by atoms with Crippen LogP contribution in [-0.4, -0.2) is 9.78 Å². The first-order chi connectivity index (χ1) is 9.84. The summed E-state index contributed by atoms with van der Waals surface area (Å²) in [5, 5.41) is 3.30. The molecule has 2 heterocycles. The molecule has 0 atom stereocenters. The summed E-state index contributed by atoms with van der Waals surface area (Å²) in [7, 11) is 0. The minimum Gasteiger partial charge on any atom is -0.187 e. The van der Waals surface area contributed by atoms with E-state index in [1.54, 1.807) is 0 Å². The van der Waals surface area contributed by atoms with E-state index in [0.717, 1.165) is 16.2 Å². The van der Waals surface area contributed by atoms with E-state index in [4.69, 9.17) is 12.2 Å². The lowest BCUT2D eigenvalue weighted by Gasteiger charge is -2.12. The number of nitrogens with zero attached hydrogens (tertiary/aromatic N) is 2. The third-order valence-electron chi connectivity index (χ3n) is 3.40. The Hall–Kier alpha value is -1.85. The van der Waals surface area contributed by atoms with Crippen LogP contribution in [0.2, 0.25) is 0 Å². The van der Waals surface area contributed by atoms with Gasteiger partial charge in [-0.1, -0.05) is 30.3 Å². The minimum atomic E-state index is 0.725. The molecule has 0 aliphatic carbocycles. The minimum absolute atomic E-state index is 0.725. The van der Waals surface area contributed by atoms with Gasteiger partial charge in [0.2, 0.25) is 0 Å². The maximum atomic E-state index is 5.51. The molecule has 4 rings (SSSR count). The highest BCUT2D eigenvalue weighted by atomic mass is 32.2. The van der Waals surface area contributed by atoms with Crippen LogP contribution in [-0.2, 0) is 5.75 Å². The molecule has 0 saturated carbocycles. The van der Waals surface area contributed by atoms with Gasteiger partial charge < -0.3 is 0 Å². The Labute approximate surface area is 125 Å². The van der Waals surface area contributed by atoms with Crippen molar-refractivity contribution in [3.63, 3.8) is 0 Å². The van der Waals surface area contributed by atoms with E-state index in [-0.39, 0.29) is 0 Å². The molecule has 98 valence electrons. The van der Waals surface area contributed by atoms with Crippen LogP contribution >= 0.6 is 24.0 Å². The third kappa shape index (κ3) is 1.74.